The zero-order valence-corrected chi connectivity index (χ0v) is 15.1. The van der Waals surface area contributed by atoms with Crippen LogP contribution in [0.25, 0.3) is 0 Å². The summed E-state index contributed by atoms with van der Waals surface area (Å²) in [7, 11) is 0. The lowest BCUT2D eigenvalue weighted by atomic mass is 9.93. The van der Waals surface area contributed by atoms with Gasteiger partial charge in [0.2, 0.25) is 11.8 Å². The molecule has 0 saturated heterocycles. The zero-order chi connectivity index (χ0) is 18.7. The van der Waals surface area contributed by atoms with Crippen LogP contribution in [0, 0.1) is 12.7 Å². The van der Waals surface area contributed by atoms with Crippen LogP contribution in [0.4, 0.5) is 20.8 Å². The van der Waals surface area contributed by atoms with Gasteiger partial charge in [-0.3, -0.25) is 14.5 Å². The van der Waals surface area contributed by atoms with E-state index in [1.165, 1.54) is 23.7 Å². The molecule has 27 heavy (non-hydrogen) atoms. The molecular formula is C20H14FN3O2S. The van der Waals surface area contributed by atoms with E-state index in [2.05, 4.69) is 9.69 Å². The van der Waals surface area contributed by atoms with Crippen LogP contribution in [-0.4, -0.2) is 16.2 Å². The van der Waals surface area contributed by atoms with Gasteiger partial charge in [0.1, 0.15) is 16.7 Å². The van der Waals surface area contributed by atoms with Crippen LogP contribution in [0.2, 0.25) is 0 Å². The number of anilines is 3. The first-order valence-corrected chi connectivity index (χ1v) is 9.28. The second-order valence-corrected chi connectivity index (χ2v) is 7.54. The third-order valence-corrected chi connectivity index (χ3v) is 5.75. The number of halogens is 1. The molecule has 3 aromatic rings. The maximum Gasteiger partial charge on any atom is 0.248 e. The van der Waals surface area contributed by atoms with Gasteiger partial charge in [0.25, 0.3) is 0 Å². The molecule has 134 valence electrons. The molecule has 0 saturated carbocycles. The number of carbonyl (C=O) groups is 2. The van der Waals surface area contributed by atoms with Crippen LogP contribution in [0.5, 0.6) is 0 Å². The number of para-hydroxylation sites is 1. The van der Waals surface area contributed by atoms with E-state index in [1.807, 2.05) is 25.1 Å². The Hall–Kier alpha value is -3.06. The van der Waals surface area contributed by atoms with Crippen molar-refractivity contribution < 1.29 is 14.0 Å². The van der Waals surface area contributed by atoms with Gasteiger partial charge in [-0.15, -0.1) is 0 Å². The summed E-state index contributed by atoms with van der Waals surface area (Å²) >= 11 is 1.18. The van der Waals surface area contributed by atoms with Crippen molar-refractivity contribution in [2.45, 2.75) is 19.3 Å². The minimum Gasteiger partial charge on any atom is -0.315 e. The van der Waals surface area contributed by atoms with Crippen LogP contribution in [0.1, 0.15) is 28.3 Å². The maximum absolute atomic E-state index is 13.7. The molecule has 1 N–H and O–H groups in total. The number of rotatable bonds is 2. The fraction of sp³-hybridized carbons (Fsp3) is 0.150. The molecule has 0 spiro atoms. The molecule has 2 aliphatic heterocycles. The first-order valence-electron chi connectivity index (χ1n) is 8.51. The molecule has 0 aliphatic carbocycles. The SMILES string of the molecule is Cc1cc(NC(=O)C2C(=O)N3c4ccc(F)cc4Cc4cccc2c43)sn1. The molecule has 0 bridgehead atoms. The Morgan fingerprint density at radius 3 is 2.89 bits per heavy atom. The molecule has 5 rings (SSSR count). The van der Waals surface area contributed by atoms with Gasteiger partial charge < -0.3 is 5.32 Å². The number of hydrogen-bond acceptors (Lipinski definition) is 4. The molecular weight excluding hydrogens is 365 g/mol. The Balaban J connectivity index is 1.59. The third-order valence-electron chi connectivity index (χ3n) is 4.95. The summed E-state index contributed by atoms with van der Waals surface area (Å²) in [6.45, 7) is 1.84. The second kappa shape index (κ2) is 5.72. The minimum absolute atomic E-state index is 0.316. The van der Waals surface area contributed by atoms with Gasteiger partial charge in [-0.1, -0.05) is 18.2 Å². The van der Waals surface area contributed by atoms with Crippen molar-refractivity contribution in [2.75, 3.05) is 10.2 Å². The number of aryl methyl sites for hydroxylation is 1. The molecule has 0 radical (unpaired) electrons. The fourth-order valence-corrected chi connectivity index (χ4v) is 4.52. The lowest BCUT2D eigenvalue weighted by Crippen LogP contribution is -2.32. The van der Waals surface area contributed by atoms with Crippen molar-refractivity contribution in [2.24, 2.45) is 0 Å². The van der Waals surface area contributed by atoms with Crippen molar-refractivity contribution in [1.82, 2.24) is 4.37 Å². The van der Waals surface area contributed by atoms with Crippen molar-refractivity contribution in [3.05, 3.63) is 70.7 Å². The molecule has 3 heterocycles. The summed E-state index contributed by atoms with van der Waals surface area (Å²) in [5.74, 6) is -1.97. The van der Waals surface area contributed by atoms with Crippen molar-refractivity contribution >= 4 is 39.7 Å². The molecule has 2 aliphatic rings. The van der Waals surface area contributed by atoms with Crippen molar-refractivity contribution in [3.63, 3.8) is 0 Å². The number of carbonyl (C=O) groups excluding carboxylic acids is 2. The zero-order valence-electron chi connectivity index (χ0n) is 14.3. The van der Waals surface area contributed by atoms with Crippen molar-refractivity contribution in [3.8, 4) is 0 Å². The quantitative estimate of drug-likeness (QED) is 0.687. The average molecular weight is 379 g/mol. The molecule has 5 nitrogen and oxygen atoms in total. The number of nitrogens with zero attached hydrogens (tertiary/aromatic N) is 2. The van der Waals surface area contributed by atoms with Crippen molar-refractivity contribution in [1.29, 1.82) is 0 Å². The second-order valence-electron chi connectivity index (χ2n) is 6.73. The van der Waals surface area contributed by atoms with Gasteiger partial charge in [0.15, 0.2) is 0 Å². The van der Waals surface area contributed by atoms with Gasteiger partial charge in [-0.25, -0.2) is 4.39 Å². The van der Waals surface area contributed by atoms with E-state index in [0.29, 0.717) is 22.7 Å². The summed E-state index contributed by atoms with van der Waals surface area (Å²) < 4.78 is 17.8. The highest BCUT2D eigenvalue weighted by Gasteiger charge is 2.46. The minimum atomic E-state index is -0.932. The number of fused-ring (bicyclic) bond motifs is 2. The summed E-state index contributed by atoms with van der Waals surface area (Å²) in [6, 6.07) is 11.7. The van der Waals surface area contributed by atoms with Crippen LogP contribution in [0.3, 0.4) is 0 Å². The van der Waals surface area contributed by atoms with Crippen LogP contribution in [0.15, 0.2) is 42.5 Å². The van der Waals surface area contributed by atoms with E-state index in [9.17, 15) is 14.0 Å². The highest BCUT2D eigenvalue weighted by molar-refractivity contribution is 7.10. The average Bonchev–Trinajstić information content (AvgIpc) is 3.17. The molecule has 2 amide bonds. The normalized spacial score (nSPS) is 16.9. The lowest BCUT2D eigenvalue weighted by Gasteiger charge is -2.28. The number of hydrogen-bond donors (Lipinski definition) is 1. The summed E-state index contributed by atoms with van der Waals surface area (Å²) in [4.78, 5) is 27.7. The largest absolute Gasteiger partial charge is 0.315 e. The number of aromatic nitrogens is 1. The van der Waals surface area contributed by atoms with Gasteiger partial charge in [0.05, 0.1) is 17.1 Å². The Bertz CT molecular complexity index is 1120. The molecule has 1 atom stereocenters. The highest BCUT2D eigenvalue weighted by Crippen LogP contribution is 2.49. The molecule has 1 unspecified atom stereocenters. The van der Waals surface area contributed by atoms with Crippen LogP contribution >= 0.6 is 11.5 Å². The van der Waals surface area contributed by atoms with E-state index in [4.69, 9.17) is 0 Å². The Morgan fingerprint density at radius 2 is 2.11 bits per heavy atom. The highest BCUT2D eigenvalue weighted by atomic mass is 32.1. The topological polar surface area (TPSA) is 62.3 Å². The number of amides is 2. The third kappa shape index (κ3) is 2.39. The monoisotopic (exact) mass is 379 g/mol. The maximum atomic E-state index is 13.7. The lowest BCUT2D eigenvalue weighted by molar-refractivity contribution is -0.126. The van der Waals surface area contributed by atoms with Gasteiger partial charge >= 0.3 is 0 Å². The van der Waals surface area contributed by atoms with E-state index < -0.39 is 5.92 Å². The molecule has 7 heteroatoms. The molecule has 0 fully saturated rings. The standard InChI is InChI=1S/C20H14FN3O2S/c1-10-7-16(27-23-10)22-19(25)17-14-4-2-3-11-8-12-9-13(21)5-6-15(12)24(18(11)14)20(17)26/h2-7,9,17H,8H2,1H3,(H,22,25). The van der Waals surface area contributed by atoms with Gasteiger partial charge in [0, 0.05) is 6.42 Å². The first kappa shape index (κ1) is 16.1. The van der Waals surface area contributed by atoms with Crippen LogP contribution < -0.4 is 10.2 Å². The first-order chi connectivity index (χ1) is 13.0. The number of nitrogens with one attached hydrogen (secondary N) is 1. The summed E-state index contributed by atoms with van der Waals surface area (Å²) in [5, 5.41) is 3.41. The van der Waals surface area contributed by atoms with E-state index in [0.717, 1.165) is 22.5 Å². The van der Waals surface area contributed by atoms with Gasteiger partial charge in [-0.2, -0.15) is 4.37 Å². The van der Waals surface area contributed by atoms with Crippen LogP contribution in [-0.2, 0) is 16.0 Å². The Kier molecular flexibility index (Phi) is 3.42. The molecule has 1 aromatic heterocycles. The van der Waals surface area contributed by atoms with E-state index in [-0.39, 0.29) is 17.6 Å². The number of benzene rings is 2. The summed E-state index contributed by atoms with van der Waals surface area (Å²) in [5.41, 5.74) is 4.56. The Labute approximate surface area is 158 Å². The summed E-state index contributed by atoms with van der Waals surface area (Å²) in [6.07, 6.45) is 0.530. The predicted molar refractivity (Wildman–Crippen MR) is 101 cm³/mol. The predicted octanol–water partition coefficient (Wildman–Crippen LogP) is 3.90. The fourth-order valence-electron chi connectivity index (χ4n) is 3.86. The Morgan fingerprint density at radius 1 is 1.26 bits per heavy atom. The van der Waals surface area contributed by atoms with E-state index in [1.54, 1.807) is 17.0 Å². The van der Waals surface area contributed by atoms with Gasteiger partial charge in [-0.05, 0) is 59.4 Å². The van der Waals surface area contributed by atoms with E-state index >= 15 is 0 Å². The smallest absolute Gasteiger partial charge is 0.248 e. The molecule has 2 aromatic carbocycles.